The average Bonchev–Trinajstić information content (AvgIpc) is 3.14. The lowest BCUT2D eigenvalue weighted by atomic mass is 10.1. The topological polar surface area (TPSA) is 117 Å². The van der Waals surface area contributed by atoms with E-state index >= 15 is 0 Å². The monoisotopic (exact) mass is 480 g/mol. The van der Waals surface area contributed by atoms with Crippen LogP contribution in [0.4, 0.5) is 21.3 Å². The molecule has 10 heteroatoms. The molecule has 1 heterocycles. The van der Waals surface area contributed by atoms with Gasteiger partial charge in [0.05, 0.1) is 15.1 Å². The first-order chi connectivity index (χ1) is 15.7. The molecule has 0 aliphatic carbocycles. The molecule has 0 fully saturated rings. The molecule has 3 N–H and O–H groups in total. The number of carbonyl (C=O) groups excluding carboxylic acids is 2. The molecule has 0 bridgehead atoms. The zero-order valence-electron chi connectivity index (χ0n) is 17.7. The van der Waals surface area contributed by atoms with E-state index in [2.05, 4.69) is 20.3 Å². The highest BCUT2D eigenvalue weighted by molar-refractivity contribution is 7.93. The molecule has 0 atom stereocenters. The molecule has 33 heavy (non-hydrogen) atoms. The molecule has 1 aromatic heterocycles. The number of urea groups is 1. The van der Waals surface area contributed by atoms with E-state index in [1.165, 1.54) is 30.4 Å². The summed E-state index contributed by atoms with van der Waals surface area (Å²) in [7, 11) is -3.76. The molecule has 4 rings (SSSR count). The van der Waals surface area contributed by atoms with E-state index in [1.54, 1.807) is 54.6 Å². The van der Waals surface area contributed by atoms with Crippen LogP contribution < -0.4 is 15.4 Å². The highest BCUT2D eigenvalue weighted by Gasteiger charge is 2.17. The number of hydrogen-bond donors (Lipinski definition) is 3. The number of benzene rings is 3. The molecule has 0 saturated carbocycles. The maximum Gasteiger partial charge on any atom is 0.323 e. The Balaban J connectivity index is 1.47. The second-order valence-corrected chi connectivity index (χ2v) is 10.0. The van der Waals surface area contributed by atoms with Crippen LogP contribution in [0, 0.1) is 6.92 Å². The van der Waals surface area contributed by atoms with Crippen LogP contribution in [0.3, 0.4) is 0 Å². The number of anilines is 3. The number of fused-ring (bicyclic) bond motifs is 1. The first kappa shape index (κ1) is 22.4. The molecule has 0 radical (unpaired) electrons. The SMILES string of the molecule is CC(=O)c1cccc(NC(=O)Nc2ccc3sc(NS(=O)(=O)c4ccc(C)cc4)nc3c2)c1. The standard InChI is InChI=1S/C23H20N4O4S2/c1-14-6-9-19(10-7-14)33(30,31)27-23-26-20-13-18(8-11-21(20)32-23)25-22(29)24-17-5-3-4-16(12-17)15(2)28/h3-13H,1-2H3,(H,26,27)(H2,24,25,29). The van der Waals surface area contributed by atoms with Crippen molar-refractivity contribution >= 4 is 59.9 Å². The van der Waals surface area contributed by atoms with E-state index in [4.69, 9.17) is 0 Å². The third-order valence-electron chi connectivity index (χ3n) is 4.73. The zero-order chi connectivity index (χ0) is 23.6. The van der Waals surface area contributed by atoms with E-state index in [1.807, 2.05) is 6.92 Å². The quantitative estimate of drug-likeness (QED) is 0.326. The van der Waals surface area contributed by atoms with Crippen molar-refractivity contribution in [3.8, 4) is 0 Å². The van der Waals surface area contributed by atoms with Crippen molar-refractivity contribution in [2.45, 2.75) is 18.7 Å². The van der Waals surface area contributed by atoms with Crippen LogP contribution in [0.15, 0.2) is 71.6 Å². The number of amides is 2. The van der Waals surface area contributed by atoms with Gasteiger partial charge in [-0.05, 0) is 56.3 Å². The van der Waals surface area contributed by atoms with Gasteiger partial charge in [0.1, 0.15) is 0 Å². The Labute approximate surface area is 194 Å². The highest BCUT2D eigenvalue weighted by atomic mass is 32.2. The minimum Gasteiger partial charge on any atom is -0.308 e. The number of hydrogen-bond acceptors (Lipinski definition) is 6. The molecular formula is C23H20N4O4S2. The lowest BCUT2D eigenvalue weighted by Gasteiger charge is -2.08. The number of nitrogens with one attached hydrogen (secondary N) is 3. The average molecular weight is 481 g/mol. The third kappa shape index (κ3) is 5.36. The smallest absolute Gasteiger partial charge is 0.308 e. The maximum atomic E-state index is 12.6. The van der Waals surface area contributed by atoms with Gasteiger partial charge in [-0.25, -0.2) is 18.2 Å². The van der Waals surface area contributed by atoms with Crippen LogP contribution in [0.2, 0.25) is 0 Å². The van der Waals surface area contributed by atoms with Crippen LogP contribution in [-0.4, -0.2) is 25.2 Å². The molecule has 0 spiro atoms. The fourth-order valence-corrected chi connectivity index (χ4v) is 5.13. The second kappa shape index (κ2) is 9.00. The molecule has 0 saturated heterocycles. The van der Waals surface area contributed by atoms with Crippen molar-refractivity contribution in [1.29, 1.82) is 0 Å². The van der Waals surface area contributed by atoms with E-state index in [0.717, 1.165) is 10.3 Å². The predicted molar refractivity (Wildman–Crippen MR) is 131 cm³/mol. The summed E-state index contributed by atoms with van der Waals surface area (Å²) < 4.78 is 28.5. The lowest BCUT2D eigenvalue weighted by molar-refractivity contribution is 0.101. The molecule has 0 aliphatic rings. The summed E-state index contributed by atoms with van der Waals surface area (Å²) in [5.41, 5.74) is 2.98. The molecule has 0 aliphatic heterocycles. The van der Waals surface area contributed by atoms with Gasteiger partial charge < -0.3 is 10.6 Å². The number of aromatic nitrogens is 1. The summed E-state index contributed by atoms with van der Waals surface area (Å²) in [4.78, 5) is 28.4. The number of sulfonamides is 1. The van der Waals surface area contributed by atoms with Gasteiger partial charge in [-0.3, -0.25) is 9.52 Å². The minimum atomic E-state index is -3.76. The summed E-state index contributed by atoms with van der Waals surface area (Å²) in [5.74, 6) is -0.0955. The van der Waals surface area contributed by atoms with Gasteiger partial charge in [-0.15, -0.1) is 0 Å². The van der Waals surface area contributed by atoms with Gasteiger partial charge in [0, 0.05) is 16.9 Å². The molecule has 168 valence electrons. The highest BCUT2D eigenvalue weighted by Crippen LogP contribution is 2.29. The Bertz CT molecular complexity index is 1460. The van der Waals surface area contributed by atoms with Gasteiger partial charge in [0.25, 0.3) is 10.0 Å². The molecule has 8 nitrogen and oxygen atoms in total. The van der Waals surface area contributed by atoms with Gasteiger partial charge in [-0.1, -0.05) is 41.2 Å². The van der Waals surface area contributed by atoms with Crippen molar-refractivity contribution < 1.29 is 18.0 Å². The maximum absolute atomic E-state index is 12.6. The van der Waals surface area contributed by atoms with Gasteiger partial charge >= 0.3 is 6.03 Å². The van der Waals surface area contributed by atoms with Crippen LogP contribution in [0.25, 0.3) is 10.2 Å². The molecule has 3 aromatic carbocycles. The Kier molecular flexibility index (Phi) is 6.12. The second-order valence-electron chi connectivity index (χ2n) is 7.34. The number of rotatable bonds is 6. The van der Waals surface area contributed by atoms with Crippen molar-refractivity contribution in [2.75, 3.05) is 15.4 Å². The van der Waals surface area contributed by atoms with E-state index in [-0.39, 0.29) is 15.8 Å². The van der Waals surface area contributed by atoms with Crippen molar-refractivity contribution in [3.05, 3.63) is 77.9 Å². The number of aryl methyl sites for hydroxylation is 1. The van der Waals surface area contributed by atoms with Crippen LogP contribution in [0.1, 0.15) is 22.8 Å². The summed E-state index contributed by atoms with van der Waals surface area (Å²) >= 11 is 1.19. The number of ketones is 1. The van der Waals surface area contributed by atoms with Crippen LogP contribution >= 0.6 is 11.3 Å². The zero-order valence-corrected chi connectivity index (χ0v) is 19.4. The fraction of sp³-hybridized carbons (Fsp3) is 0.0870. The molecule has 4 aromatic rings. The summed E-state index contributed by atoms with van der Waals surface area (Å²) in [6, 6.07) is 17.8. The lowest BCUT2D eigenvalue weighted by Crippen LogP contribution is -2.19. The summed E-state index contributed by atoms with van der Waals surface area (Å²) in [5, 5.41) is 5.62. The van der Waals surface area contributed by atoms with E-state index in [9.17, 15) is 18.0 Å². The molecule has 0 unspecified atom stereocenters. The summed E-state index contributed by atoms with van der Waals surface area (Å²) in [6.07, 6.45) is 0. The fourth-order valence-electron chi connectivity index (χ4n) is 3.05. The Morgan fingerprint density at radius 1 is 0.909 bits per heavy atom. The third-order valence-corrected chi connectivity index (χ3v) is 7.16. The molecular weight excluding hydrogens is 460 g/mol. The van der Waals surface area contributed by atoms with Crippen LogP contribution in [-0.2, 0) is 10.0 Å². The summed E-state index contributed by atoms with van der Waals surface area (Å²) in [6.45, 7) is 3.34. The minimum absolute atomic E-state index is 0.0955. The van der Waals surface area contributed by atoms with Crippen molar-refractivity contribution in [3.63, 3.8) is 0 Å². The van der Waals surface area contributed by atoms with Crippen LogP contribution in [0.5, 0.6) is 0 Å². The first-order valence-corrected chi connectivity index (χ1v) is 12.2. The molecule has 2 amide bonds. The number of Topliss-reactive ketones (excluding diaryl/α,β-unsaturated/α-hetero) is 1. The van der Waals surface area contributed by atoms with Crippen molar-refractivity contribution in [2.24, 2.45) is 0 Å². The largest absolute Gasteiger partial charge is 0.323 e. The Morgan fingerprint density at radius 3 is 2.30 bits per heavy atom. The number of carbonyl (C=O) groups is 2. The first-order valence-electron chi connectivity index (χ1n) is 9.89. The predicted octanol–water partition coefficient (Wildman–Crippen LogP) is 5.25. The van der Waals surface area contributed by atoms with Gasteiger partial charge in [0.2, 0.25) is 0 Å². The normalized spacial score (nSPS) is 11.2. The van der Waals surface area contributed by atoms with Gasteiger partial charge in [0.15, 0.2) is 10.9 Å². The number of nitrogens with zero attached hydrogens (tertiary/aromatic N) is 1. The Morgan fingerprint density at radius 2 is 1.61 bits per heavy atom. The van der Waals surface area contributed by atoms with Gasteiger partial charge in [-0.2, -0.15) is 0 Å². The Hall–Kier alpha value is -3.76. The van der Waals surface area contributed by atoms with Crippen molar-refractivity contribution in [1.82, 2.24) is 4.98 Å². The number of thiazole rings is 1. The van der Waals surface area contributed by atoms with E-state index in [0.29, 0.717) is 22.5 Å². The van der Waals surface area contributed by atoms with E-state index < -0.39 is 16.1 Å².